The van der Waals surface area contributed by atoms with Crippen molar-refractivity contribution in [3.05, 3.63) is 30.0 Å². The fourth-order valence-corrected chi connectivity index (χ4v) is 3.73. The number of ether oxygens (including phenoxy) is 1. The third kappa shape index (κ3) is 2.03. The van der Waals surface area contributed by atoms with Gasteiger partial charge in [-0.25, -0.2) is 0 Å². The largest absolute Gasteiger partial charge is 0.481 e. The zero-order valence-corrected chi connectivity index (χ0v) is 12.5. The molecule has 1 amide bonds. The Balaban J connectivity index is 1.66. The number of fused-ring (bicyclic) bond motifs is 2. The Bertz CT molecular complexity index is 786. The Morgan fingerprint density at radius 2 is 2.22 bits per heavy atom. The number of likely N-dealkylation sites (tertiary alicyclic amines) is 1. The van der Waals surface area contributed by atoms with Crippen molar-refractivity contribution in [1.29, 1.82) is 0 Å². The Hall–Kier alpha value is -2.41. The number of carbonyl (C=O) groups is 2. The highest BCUT2D eigenvalue weighted by molar-refractivity contribution is 6.05. The summed E-state index contributed by atoms with van der Waals surface area (Å²) in [5.74, 6) is -1.23. The molecule has 2 N–H and O–H groups in total. The van der Waals surface area contributed by atoms with Gasteiger partial charge in [-0.15, -0.1) is 0 Å². The van der Waals surface area contributed by atoms with E-state index in [1.54, 1.807) is 4.90 Å². The molecule has 0 saturated carbocycles. The van der Waals surface area contributed by atoms with Gasteiger partial charge < -0.3 is 14.7 Å². The van der Waals surface area contributed by atoms with Gasteiger partial charge in [0, 0.05) is 31.0 Å². The molecule has 7 nitrogen and oxygen atoms in total. The molecule has 0 unspecified atom stereocenters. The number of aromatic nitrogens is 2. The van der Waals surface area contributed by atoms with Crippen LogP contribution in [0.2, 0.25) is 0 Å². The molecule has 0 bridgehead atoms. The van der Waals surface area contributed by atoms with Crippen molar-refractivity contribution in [2.75, 3.05) is 26.3 Å². The lowest BCUT2D eigenvalue weighted by Crippen LogP contribution is -2.45. The summed E-state index contributed by atoms with van der Waals surface area (Å²) >= 11 is 0. The fourth-order valence-electron chi connectivity index (χ4n) is 3.73. The van der Waals surface area contributed by atoms with Gasteiger partial charge in [0.25, 0.3) is 5.91 Å². The second-order valence-electron chi connectivity index (χ2n) is 6.29. The maximum absolute atomic E-state index is 12.8. The number of benzene rings is 1. The summed E-state index contributed by atoms with van der Waals surface area (Å²) in [4.78, 5) is 26.3. The number of carbonyl (C=O) groups excluding carboxylic acids is 1. The van der Waals surface area contributed by atoms with Gasteiger partial charge in [-0.2, -0.15) is 5.10 Å². The number of nitrogens with zero attached hydrogens (tertiary/aromatic N) is 2. The summed E-state index contributed by atoms with van der Waals surface area (Å²) in [7, 11) is 0. The van der Waals surface area contributed by atoms with Crippen LogP contribution in [0.4, 0.5) is 0 Å². The average molecular weight is 315 g/mol. The number of H-pyrrole nitrogens is 1. The molecule has 2 aliphatic heterocycles. The molecule has 2 aromatic rings. The monoisotopic (exact) mass is 315 g/mol. The minimum absolute atomic E-state index is 0.164. The van der Waals surface area contributed by atoms with E-state index in [9.17, 15) is 14.7 Å². The standard InChI is InChI=1S/C16H17N3O4/c20-14(13-11-3-1-2-4-12(11)17-18-13)19-7-10-8-23-6-5-16(10,9-19)15(21)22/h1-4,10H,5-9H2,(H,17,18)(H,21,22)/t10-,16+/m0/s1. The van der Waals surface area contributed by atoms with Crippen molar-refractivity contribution in [2.45, 2.75) is 6.42 Å². The van der Waals surface area contributed by atoms with Crippen LogP contribution in [0.15, 0.2) is 24.3 Å². The number of carboxylic acids is 1. The third-order valence-electron chi connectivity index (χ3n) is 5.09. The van der Waals surface area contributed by atoms with Crippen molar-refractivity contribution in [3.8, 4) is 0 Å². The highest BCUT2D eigenvalue weighted by Gasteiger charge is 2.55. The summed E-state index contributed by atoms with van der Waals surface area (Å²) in [5.41, 5.74) is 0.254. The lowest BCUT2D eigenvalue weighted by atomic mass is 9.74. The minimum Gasteiger partial charge on any atom is -0.481 e. The van der Waals surface area contributed by atoms with Gasteiger partial charge in [-0.3, -0.25) is 14.7 Å². The zero-order valence-electron chi connectivity index (χ0n) is 12.5. The van der Waals surface area contributed by atoms with Crippen LogP contribution >= 0.6 is 0 Å². The summed E-state index contributed by atoms with van der Waals surface area (Å²) in [5, 5.41) is 17.4. The molecule has 2 aliphatic rings. The molecular formula is C16H17N3O4. The molecule has 7 heteroatoms. The molecule has 0 radical (unpaired) electrons. The normalized spacial score (nSPS) is 27.1. The van der Waals surface area contributed by atoms with Crippen molar-refractivity contribution in [2.24, 2.45) is 11.3 Å². The van der Waals surface area contributed by atoms with Crippen LogP contribution in [0.3, 0.4) is 0 Å². The predicted octanol–water partition coefficient (Wildman–Crippen LogP) is 1.13. The zero-order chi connectivity index (χ0) is 16.0. The smallest absolute Gasteiger partial charge is 0.311 e. The number of amides is 1. The second kappa shape index (κ2) is 5.06. The van der Waals surface area contributed by atoms with E-state index in [0.29, 0.717) is 31.9 Å². The van der Waals surface area contributed by atoms with E-state index in [1.807, 2.05) is 24.3 Å². The van der Waals surface area contributed by atoms with Gasteiger partial charge in [0.15, 0.2) is 5.69 Å². The number of nitrogens with one attached hydrogen (secondary N) is 1. The van der Waals surface area contributed by atoms with Gasteiger partial charge in [0.1, 0.15) is 0 Å². The van der Waals surface area contributed by atoms with Crippen molar-refractivity contribution in [3.63, 3.8) is 0 Å². The molecule has 4 rings (SSSR count). The van der Waals surface area contributed by atoms with Gasteiger partial charge >= 0.3 is 5.97 Å². The first-order valence-corrected chi connectivity index (χ1v) is 7.65. The Kier molecular flexibility index (Phi) is 3.12. The van der Waals surface area contributed by atoms with E-state index in [1.165, 1.54) is 0 Å². The molecule has 1 aromatic carbocycles. The van der Waals surface area contributed by atoms with Crippen LogP contribution in [-0.4, -0.2) is 58.4 Å². The van der Waals surface area contributed by atoms with Gasteiger partial charge in [-0.1, -0.05) is 18.2 Å². The number of para-hydroxylation sites is 1. The van der Waals surface area contributed by atoms with Crippen LogP contribution in [0.1, 0.15) is 16.9 Å². The number of carboxylic acid groups (broad SMARTS) is 1. The maximum Gasteiger partial charge on any atom is 0.311 e. The van der Waals surface area contributed by atoms with Crippen LogP contribution in [0.5, 0.6) is 0 Å². The molecule has 120 valence electrons. The Morgan fingerprint density at radius 1 is 1.39 bits per heavy atom. The molecule has 0 aliphatic carbocycles. The first kappa shape index (κ1) is 14.2. The topological polar surface area (TPSA) is 95.5 Å². The van der Waals surface area contributed by atoms with E-state index in [-0.39, 0.29) is 18.4 Å². The van der Waals surface area contributed by atoms with Crippen molar-refractivity contribution in [1.82, 2.24) is 15.1 Å². The van der Waals surface area contributed by atoms with Crippen LogP contribution < -0.4 is 0 Å². The van der Waals surface area contributed by atoms with Crippen LogP contribution in [0, 0.1) is 11.3 Å². The minimum atomic E-state index is -0.889. The van der Waals surface area contributed by atoms with Crippen LogP contribution in [0.25, 0.3) is 10.9 Å². The first-order valence-electron chi connectivity index (χ1n) is 7.65. The molecule has 23 heavy (non-hydrogen) atoms. The molecule has 3 heterocycles. The molecule has 0 spiro atoms. The summed E-state index contributed by atoms with van der Waals surface area (Å²) in [6.45, 7) is 1.43. The molecular weight excluding hydrogens is 298 g/mol. The lowest BCUT2D eigenvalue weighted by molar-refractivity contribution is -0.157. The average Bonchev–Trinajstić information content (AvgIpc) is 3.16. The summed E-state index contributed by atoms with van der Waals surface area (Å²) in [6.07, 6.45) is 0.443. The molecule has 2 saturated heterocycles. The quantitative estimate of drug-likeness (QED) is 0.866. The fraction of sp³-hybridized carbons (Fsp3) is 0.438. The predicted molar refractivity (Wildman–Crippen MR) is 81.0 cm³/mol. The van der Waals surface area contributed by atoms with Crippen molar-refractivity contribution >= 4 is 22.8 Å². The number of rotatable bonds is 2. The van der Waals surface area contributed by atoms with Gasteiger partial charge in [0.05, 0.1) is 17.5 Å². The van der Waals surface area contributed by atoms with Gasteiger partial charge in [-0.05, 0) is 12.5 Å². The SMILES string of the molecule is O=C(c1n[nH]c2ccccc12)N1C[C@H]2COCC[C@@]2(C(=O)O)C1. The third-order valence-corrected chi connectivity index (χ3v) is 5.09. The highest BCUT2D eigenvalue weighted by atomic mass is 16.5. The summed E-state index contributed by atoms with van der Waals surface area (Å²) in [6, 6.07) is 7.42. The van der Waals surface area contributed by atoms with E-state index >= 15 is 0 Å². The molecule has 2 fully saturated rings. The molecule has 1 aromatic heterocycles. The number of aliphatic carboxylic acids is 1. The van der Waals surface area contributed by atoms with E-state index < -0.39 is 11.4 Å². The highest BCUT2D eigenvalue weighted by Crippen LogP contribution is 2.43. The number of hydrogen-bond donors (Lipinski definition) is 2. The maximum atomic E-state index is 12.8. The van der Waals surface area contributed by atoms with Crippen molar-refractivity contribution < 1.29 is 19.4 Å². The van der Waals surface area contributed by atoms with Gasteiger partial charge in [0.2, 0.25) is 0 Å². The van der Waals surface area contributed by atoms with Crippen LogP contribution in [-0.2, 0) is 9.53 Å². The van der Waals surface area contributed by atoms with E-state index in [4.69, 9.17) is 4.74 Å². The second-order valence-corrected chi connectivity index (χ2v) is 6.29. The van der Waals surface area contributed by atoms with E-state index in [0.717, 1.165) is 10.9 Å². The Morgan fingerprint density at radius 3 is 3.00 bits per heavy atom. The summed E-state index contributed by atoms with van der Waals surface area (Å²) < 4.78 is 5.42. The number of aromatic amines is 1. The molecule has 2 atom stereocenters. The first-order chi connectivity index (χ1) is 11.1. The van der Waals surface area contributed by atoms with E-state index in [2.05, 4.69) is 10.2 Å². The lowest BCUT2D eigenvalue weighted by Gasteiger charge is -2.33. The number of hydrogen-bond acceptors (Lipinski definition) is 4. The Labute approximate surface area is 132 Å².